The van der Waals surface area contributed by atoms with Crippen molar-refractivity contribution in [2.75, 3.05) is 5.75 Å². The highest BCUT2D eigenvalue weighted by Crippen LogP contribution is 2.01. The van der Waals surface area contributed by atoms with Crippen LogP contribution in [0, 0.1) is 0 Å². The quantitative estimate of drug-likeness (QED) is 0.448. The first-order valence-corrected chi connectivity index (χ1v) is 4.18. The first-order chi connectivity index (χ1) is 4.81. The number of hydrogen-bond donors (Lipinski definition) is 2. The normalized spacial score (nSPS) is 13.0. The van der Waals surface area contributed by atoms with Crippen LogP contribution in [0.25, 0.3) is 0 Å². The number of nitrogens with two attached hydrogens (primary N) is 1. The van der Waals surface area contributed by atoms with Gasteiger partial charge >= 0.3 is 0 Å². The Bertz CT molecular complexity index is 87.7. The van der Waals surface area contributed by atoms with Gasteiger partial charge in [-0.3, -0.25) is 4.79 Å². The SMILES string of the molecule is N[C@H]([C]=O)CCCCCS. The van der Waals surface area contributed by atoms with Gasteiger partial charge in [-0.25, -0.2) is 0 Å². The van der Waals surface area contributed by atoms with Gasteiger partial charge in [-0.05, 0) is 18.6 Å². The van der Waals surface area contributed by atoms with Crippen molar-refractivity contribution < 1.29 is 4.79 Å². The van der Waals surface area contributed by atoms with Gasteiger partial charge in [0, 0.05) is 0 Å². The second kappa shape index (κ2) is 7.09. The minimum atomic E-state index is -0.375. The van der Waals surface area contributed by atoms with Crippen LogP contribution in [-0.4, -0.2) is 18.1 Å². The summed E-state index contributed by atoms with van der Waals surface area (Å²) >= 11 is 4.06. The van der Waals surface area contributed by atoms with Gasteiger partial charge in [0.1, 0.15) is 0 Å². The van der Waals surface area contributed by atoms with Crippen LogP contribution in [0.2, 0.25) is 0 Å². The van der Waals surface area contributed by atoms with E-state index in [9.17, 15) is 4.79 Å². The lowest BCUT2D eigenvalue weighted by molar-refractivity contribution is 0.528. The third kappa shape index (κ3) is 6.11. The third-order valence-electron chi connectivity index (χ3n) is 1.32. The molecule has 0 heterocycles. The standard InChI is InChI=1S/C7H14NOS/c8-7(6-9)4-2-1-3-5-10/h7,10H,1-5,8H2/t7-/m0/s1. The van der Waals surface area contributed by atoms with Crippen LogP contribution in [0.5, 0.6) is 0 Å². The van der Waals surface area contributed by atoms with Crippen LogP contribution >= 0.6 is 12.6 Å². The first-order valence-electron chi connectivity index (χ1n) is 3.55. The van der Waals surface area contributed by atoms with E-state index in [-0.39, 0.29) is 6.04 Å². The minimum Gasteiger partial charge on any atom is -0.321 e. The topological polar surface area (TPSA) is 43.1 Å². The summed E-state index contributed by atoms with van der Waals surface area (Å²) in [6, 6.07) is -0.375. The molecule has 0 amide bonds. The molecule has 2 nitrogen and oxygen atoms in total. The van der Waals surface area contributed by atoms with Gasteiger partial charge in [0.05, 0.1) is 6.04 Å². The number of thiol groups is 1. The number of hydrogen-bond acceptors (Lipinski definition) is 3. The van der Waals surface area contributed by atoms with Crippen LogP contribution in [0.4, 0.5) is 0 Å². The van der Waals surface area contributed by atoms with E-state index in [4.69, 9.17) is 5.73 Å². The third-order valence-corrected chi connectivity index (χ3v) is 1.64. The van der Waals surface area contributed by atoms with Crippen LogP contribution in [0.15, 0.2) is 0 Å². The van der Waals surface area contributed by atoms with E-state index in [1.165, 1.54) is 0 Å². The van der Waals surface area contributed by atoms with Gasteiger partial charge < -0.3 is 5.73 Å². The molecule has 0 saturated carbocycles. The molecule has 1 atom stereocenters. The lowest BCUT2D eigenvalue weighted by Crippen LogP contribution is -2.20. The Morgan fingerprint density at radius 2 is 2.10 bits per heavy atom. The first kappa shape index (κ1) is 9.98. The second-order valence-electron chi connectivity index (χ2n) is 2.30. The molecule has 0 aromatic rings. The molecule has 0 aliphatic heterocycles. The Balaban J connectivity index is 2.95. The summed E-state index contributed by atoms with van der Waals surface area (Å²) in [5, 5.41) is 0. The van der Waals surface area contributed by atoms with Crippen molar-refractivity contribution in [3.8, 4) is 0 Å². The average Bonchev–Trinajstić information content (AvgIpc) is 1.98. The predicted octanol–water partition coefficient (Wildman–Crippen LogP) is 0.914. The molecule has 1 radical (unpaired) electrons. The molecule has 3 heteroatoms. The maximum absolute atomic E-state index is 9.90. The van der Waals surface area contributed by atoms with E-state index in [1.807, 2.05) is 0 Å². The largest absolute Gasteiger partial charge is 0.321 e. The second-order valence-corrected chi connectivity index (χ2v) is 2.74. The van der Waals surface area contributed by atoms with E-state index in [0.29, 0.717) is 0 Å². The van der Waals surface area contributed by atoms with E-state index < -0.39 is 0 Å². The Hall–Kier alpha value is -0.0200. The molecule has 10 heavy (non-hydrogen) atoms. The van der Waals surface area contributed by atoms with Crippen LogP contribution in [0.3, 0.4) is 0 Å². The van der Waals surface area contributed by atoms with Gasteiger partial charge in [-0.2, -0.15) is 12.6 Å². The van der Waals surface area contributed by atoms with Gasteiger partial charge in [0.25, 0.3) is 0 Å². The molecule has 0 aliphatic rings. The lowest BCUT2D eigenvalue weighted by Gasteiger charge is -2.00. The highest BCUT2D eigenvalue weighted by Gasteiger charge is 1.98. The maximum Gasteiger partial charge on any atom is 0.216 e. The molecule has 0 bridgehead atoms. The van der Waals surface area contributed by atoms with Crippen molar-refractivity contribution in [1.29, 1.82) is 0 Å². The summed E-state index contributed by atoms with van der Waals surface area (Å²) in [7, 11) is 0. The molecule has 0 unspecified atom stereocenters. The van der Waals surface area contributed by atoms with Gasteiger partial charge in [0.2, 0.25) is 6.29 Å². The number of unbranched alkanes of at least 4 members (excludes halogenated alkanes) is 2. The molecule has 59 valence electrons. The minimum absolute atomic E-state index is 0.375. The molecule has 0 spiro atoms. The molecule has 0 rings (SSSR count). The van der Waals surface area contributed by atoms with Crippen LogP contribution < -0.4 is 5.73 Å². The molecular weight excluding hydrogens is 146 g/mol. The van der Waals surface area contributed by atoms with Gasteiger partial charge in [0.15, 0.2) is 0 Å². The molecule has 0 aromatic heterocycles. The van der Waals surface area contributed by atoms with Crippen molar-refractivity contribution in [3.63, 3.8) is 0 Å². The zero-order valence-corrected chi connectivity index (χ0v) is 6.94. The molecule has 0 saturated heterocycles. The van der Waals surface area contributed by atoms with Gasteiger partial charge in [-0.15, -0.1) is 0 Å². The van der Waals surface area contributed by atoms with Crippen molar-refractivity contribution >= 4 is 18.9 Å². The van der Waals surface area contributed by atoms with Crippen molar-refractivity contribution in [1.82, 2.24) is 0 Å². The summed E-state index contributed by atoms with van der Waals surface area (Å²) in [5.74, 6) is 0.917. The Morgan fingerprint density at radius 3 is 2.60 bits per heavy atom. The fourth-order valence-corrected chi connectivity index (χ4v) is 0.935. The highest BCUT2D eigenvalue weighted by molar-refractivity contribution is 7.80. The Labute approximate surface area is 67.6 Å². The smallest absolute Gasteiger partial charge is 0.216 e. The van der Waals surface area contributed by atoms with Crippen molar-refractivity contribution in [2.24, 2.45) is 5.73 Å². The molecule has 0 aromatic carbocycles. The zero-order chi connectivity index (χ0) is 7.82. The molecule has 0 aliphatic carbocycles. The predicted molar refractivity (Wildman–Crippen MR) is 46.0 cm³/mol. The van der Waals surface area contributed by atoms with E-state index in [0.717, 1.165) is 31.4 Å². The highest BCUT2D eigenvalue weighted by atomic mass is 32.1. The fraction of sp³-hybridized carbons (Fsp3) is 0.857. The van der Waals surface area contributed by atoms with Gasteiger partial charge in [-0.1, -0.05) is 12.8 Å². The summed E-state index contributed by atoms with van der Waals surface area (Å²) < 4.78 is 0. The molecular formula is C7H14NOS. The van der Waals surface area contributed by atoms with E-state index in [1.54, 1.807) is 6.29 Å². The average molecular weight is 160 g/mol. The van der Waals surface area contributed by atoms with Crippen molar-refractivity contribution in [3.05, 3.63) is 0 Å². The summed E-state index contributed by atoms with van der Waals surface area (Å²) in [6.45, 7) is 0. The van der Waals surface area contributed by atoms with Crippen molar-refractivity contribution in [2.45, 2.75) is 31.7 Å². The summed E-state index contributed by atoms with van der Waals surface area (Å²) in [4.78, 5) is 9.90. The van der Waals surface area contributed by atoms with Crippen LogP contribution in [0.1, 0.15) is 25.7 Å². The zero-order valence-electron chi connectivity index (χ0n) is 6.05. The van der Waals surface area contributed by atoms with E-state index >= 15 is 0 Å². The number of carbonyl (C=O) groups excluding carboxylic acids is 1. The Morgan fingerprint density at radius 1 is 1.40 bits per heavy atom. The van der Waals surface area contributed by atoms with E-state index in [2.05, 4.69) is 12.6 Å². The summed E-state index contributed by atoms with van der Waals surface area (Å²) in [6.07, 6.45) is 5.74. The molecule has 2 N–H and O–H groups in total. The number of rotatable bonds is 6. The lowest BCUT2D eigenvalue weighted by atomic mass is 10.1. The fourth-order valence-electron chi connectivity index (χ4n) is 0.712. The molecule has 0 fully saturated rings. The maximum atomic E-state index is 9.90. The monoisotopic (exact) mass is 160 g/mol. The summed E-state index contributed by atoms with van der Waals surface area (Å²) in [5.41, 5.74) is 5.31. The van der Waals surface area contributed by atoms with Crippen LogP contribution in [-0.2, 0) is 4.79 Å². The Kier molecular flexibility index (Phi) is 7.08.